The molecule has 1 aliphatic carbocycles. The third-order valence-electron chi connectivity index (χ3n) is 4.04. The number of carbonyl (C=O) groups is 1. The molecular formula is C14H22N2OS. The normalized spacial score (nSPS) is 19.8. The van der Waals surface area contributed by atoms with E-state index in [1.807, 2.05) is 18.3 Å². The van der Waals surface area contributed by atoms with E-state index in [0.29, 0.717) is 0 Å². The molecule has 0 saturated heterocycles. The molecule has 1 aliphatic rings. The van der Waals surface area contributed by atoms with Gasteiger partial charge < -0.3 is 11.1 Å². The Bertz CT molecular complexity index is 383. The minimum atomic E-state index is -0.239. The van der Waals surface area contributed by atoms with Gasteiger partial charge in [0.15, 0.2) is 0 Å². The number of hydrogen-bond acceptors (Lipinski definition) is 3. The summed E-state index contributed by atoms with van der Waals surface area (Å²) in [6.07, 6.45) is 5.77. The first kappa shape index (κ1) is 13.6. The van der Waals surface area contributed by atoms with Gasteiger partial charge in [0.05, 0.1) is 6.04 Å². The van der Waals surface area contributed by atoms with Gasteiger partial charge in [-0.15, -0.1) is 11.3 Å². The number of hydrogen-bond donors (Lipinski definition) is 2. The van der Waals surface area contributed by atoms with Crippen molar-refractivity contribution >= 4 is 17.2 Å². The molecule has 3 N–H and O–H groups in total. The average Bonchev–Trinajstić information content (AvgIpc) is 3.01. The second-order valence-corrected chi connectivity index (χ2v) is 6.16. The van der Waals surface area contributed by atoms with Gasteiger partial charge in [-0.1, -0.05) is 25.8 Å². The van der Waals surface area contributed by atoms with Gasteiger partial charge in [-0.3, -0.25) is 4.79 Å². The Morgan fingerprint density at radius 3 is 2.78 bits per heavy atom. The molecule has 0 radical (unpaired) electrons. The molecule has 1 atom stereocenters. The van der Waals surface area contributed by atoms with Crippen LogP contribution in [0, 0.1) is 0 Å². The summed E-state index contributed by atoms with van der Waals surface area (Å²) in [4.78, 5) is 12.7. The Kier molecular flexibility index (Phi) is 4.40. The molecule has 100 valence electrons. The van der Waals surface area contributed by atoms with E-state index in [9.17, 15) is 4.79 Å². The van der Waals surface area contributed by atoms with E-state index in [0.717, 1.165) is 13.0 Å². The van der Waals surface area contributed by atoms with Crippen molar-refractivity contribution in [3.05, 3.63) is 22.4 Å². The molecule has 3 nitrogen and oxygen atoms in total. The summed E-state index contributed by atoms with van der Waals surface area (Å²) < 4.78 is 0. The fraction of sp³-hybridized carbons (Fsp3) is 0.643. The third-order valence-corrected chi connectivity index (χ3v) is 5.16. The van der Waals surface area contributed by atoms with Crippen LogP contribution < -0.4 is 11.1 Å². The number of nitrogens with one attached hydrogen (secondary N) is 1. The first-order chi connectivity index (χ1) is 8.68. The van der Waals surface area contributed by atoms with Crippen molar-refractivity contribution in [2.75, 3.05) is 6.54 Å². The van der Waals surface area contributed by atoms with E-state index >= 15 is 0 Å². The van der Waals surface area contributed by atoms with Crippen molar-refractivity contribution in [1.29, 1.82) is 0 Å². The summed E-state index contributed by atoms with van der Waals surface area (Å²) in [5.41, 5.74) is 5.63. The minimum absolute atomic E-state index is 0.192. The molecule has 0 aromatic carbocycles. The number of carbonyl (C=O) groups excluding carboxylic acids is 1. The van der Waals surface area contributed by atoms with E-state index in [4.69, 9.17) is 5.73 Å². The maximum absolute atomic E-state index is 11.3. The van der Waals surface area contributed by atoms with Crippen LogP contribution in [0.5, 0.6) is 0 Å². The average molecular weight is 266 g/mol. The lowest BCUT2D eigenvalue weighted by molar-refractivity contribution is -0.120. The Morgan fingerprint density at radius 1 is 1.56 bits per heavy atom. The molecule has 0 aliphatic heterocycles. The summed E-state index contributed by atoms with van der Waals surface area (Å²) in [6.45, 7) is 2.86. The molecule has 1 amide bonds. The van der Waals surface area contributed by atoms with Crippen LogP contribution in [0.1, 0.15) is 43.9 Å². The molecule has 4 heteroatoms. The maximum Gasteiger partial charge on any atom is 0.234 e. The molecule has 1 heterocycles. The largest absolute Gasteiger partial charge is 0.368 e. The van der Waals surface area contributed by atoms with Gasteiger partial charge in [0, 0.05) is 16.8 Å². The van der Waals surface area contributed by atoms with Crippen LogP contribution >= 0.6 is 11.3 Å². The second-order valence-electron chi connectivity index (χ2n) is 5.21. The zero-order chi connectivity index (χ0) is 13.0. The predicted octanol–water partition coefficient (Wildman–Crippen LogP) is 2.41. The van der Waals surface area contributed by atoms with Crippen molar-refractivity contribution in [2.24, 2.45) is 5.73 Å². The molecule has 1 fully saturated rings. The molecule has 1 aromatic rings. The van der Waals surface area contributed by atoms with Crippen molar-refractivity contribution in [2.45, 2.75) is 50.5 Å². The highest BCUT2D eigenvalue weighted by Crippen LogP contribution is 2.42. The van der Waals surface area contributed by atoms with Crippen molar-refractivity contribution in [1.82, 2.24) is 5.32 Å². The predicted molar refractivity (Wildman–Crippen MR) is 75.7 cm³/mol. The Morgan fingerprint density at radius 2 is 2.28 bits per heavy atom. The number of thiophene rings is 1. The van der Waals surface area contributed by atoms with Crippen LogP contribution in [0.15, 0.2) is 17.5 Å². The van der Waals surface area contributed by atoms with Crippen molar-refractivity contribution < 1.29 is 4.79 Å². The lowest BCUT2D eigenvalue weighted by atomic mass is 9.84. The number of nitrogens with two attached hydrogens (primary N) is 1. The van der Waals surface area contributed by atoms with Crippen molar-refractivity contribution in [3.63, 3.8) is 0 Å². The highest BCUT2D eigenvalue weighted by atomic mass is 32.1. The highest BCUT2D eigenvalue weighted by molar-refractivity contribution is 7.10. The Hall–Kier alpha value is -0.870. The van der Waals surface area contributed by atoms with Crippen LogP contribution in [0.4, 0.5) is 0 Å². The topological polar surface area (TPSA) is 55.1 Å². The van der Waals surface area contributed by atoms with Crippen LogP contribution in [-0.2, 0) is 10.2 Å². The van der Waals surface area contributed by atoms with Gasteiger partial charge in [-0.05, 0) is 30.7 Å². The van der Waals surface area contributed by atoms with E-state index in [1.165, 1.54) is 30.6 Å². The van der Waals surface area contributed by atoms with E-state index in [1.54, 1.807) is 0 Å². The van der Waals surface area contributed by atoms with E-state index in [-0.39, 0.29) is 17.4 Å². The third kappa shape index (κ3) is 2.75. The SMILES string of the molecule is CCC(NCC1(c2cccs2)CCCC1)C(N)=O. The monoisotopic (exact) mass is 266 g/mol. The molecular weight excluding hydrogens is 244 g/mol. The lowest BCUT2D eigenvalue weighted by Crippen LogP contribution is -2.46. The number of primary amides is 1. The van der Waals surface area contributed by atoms with Crippen LogP contribution in [0.25, 0.3) is 0 Å². The molecule has 1 aromatic heterocycles. The van der Waals surface area contributed by atoms with Crippen molar-refractivity contribution in [3.8, 4) is 0 Å². The maximum atomic E-state index is 11.3. The summed E-state index contributed by atoms with van der Waals surface area (Å²) in [7, 11) is 0. The fourth-order valence-corrected chi connectivity index (χ4v) is 3.89. The molecule has 0 spiro atoms. The quantitative estimate of drug-likeness (QED) is 0.831. The molecule has 2 rings (SSSR count). The van der Waals surface area contributed by atoms with Crippen LogP contribution in [0.2, 0.25) is 0 Å². The molecule has 1 saturated carbocycles. The zero-order valence-electron chi connectivity index (χ0n) is 10.9. The smallest absolute Gasteiger partial charge is 0.234 e. The van der Waals surface area contributed by atoms with Gasteiger partial charge in [0.2, 0.25) is 5.91 Å². The zero-order valence-corrected chi connectivity index (χ0v) is 11.8. The molecule has 1 unspecified atom stereocenters. The molecule has 18 heavy (non-hydrogen) atoms. The van der Waals surface area contributed by atoms with Crippen LogP contribution in [-0.4, -0.2) is 18.5 Å². The fourth-order valence-electron chi connectivity index (χ4n) is 2.91. The summed E-state index contributed by atoms with van der Waals surface area (Å²) in [6, 6.07) is 4.15. The number of rotatable bonds is 6. The van der Waals surface area contributed by atoms with Crippen LogP contribution in [0.3, 0.4) is 0 Å². The summed E-state index contributed by atoms with van der Waals surface area (Å²) in [5, 5.41) is 5.51. The Balaban J connectivity index is 2.06. The highest BCUT2D eigenvalue weighted by Gasteiger charge is 2.36. The van der Waals surface area contributed by atoms with Gasteiger partial charge in [0.1, 0.15) is 0 Å². The standard InChI is InChI=1S/C14H22N2OS/c1-2-11(13(15)17)16-10-14(7-3-4-8-14)12-6-5-9-18-12/h5-6,9,11,16H,2-4,7-8,10H2,1H3,(H2,15,17). The first-order valence-electron chi connectivity index (χ1n) is 6.74. The van der Waals surface area contributed by atoms with E-state index < -0.39 is 0 Å². The minimum Gasteiger partial charge on any atom is -0.368 e. The Labute approximate surface area is 113 Å². The second kappa shape index (κ2) is 5.85. The van der Waals surface area contributed by atoms with Gasteiger partial charge in [-0.25, -0.2) is 0 Å². The molecule has 0 bridgehead atoms. The van der Waals surface area contributed by atoms with Gasteiger partial charge in [0.25, 0.3) is 0 Å². The summed E-state index contributed by atoms with van der Waals surface area (Å²) in [5.74, 6) is -0.239. The summed E-state index contributed by atoms with van der Waals surface area (Å²) >= 11 is 1.83. The lowest BCUT2D eigenvalue weighted by Gasteiger charge is -2.30. The number of amides is 1. The first-order valence-corrected chi connectivity index (χ1v) is 7.62. The van der Waals surface area contributed by atoms with Gasteiger partial charge >= 0.3 is 0 Å². The van der Waals surface area contributed by atoms with Gasteiger partial charge in [-0.2, -0.15) is 0 Å². The van der Waals surface area contributed by atoms with E-state index in [2.05, 4.69) is 22.8 Å².